The van der Waals surface area contributed by atoms with Gasteiger partial charge in [0, 0.05) is 22.1 Å². The summed E-state index contributed by atoms with van der Waals surface area (Å²) in [7, 11) is 1.74. The van der Waals surface area contributed by atoms with Crippen LogP contribution in [-0.4, -0.2) is 32.3 Å². The quantitative estimate of drug-likeness (QED) is 0.440. The van der Waals surface area contributed by atoms with E-state index in [-0.39, 0.29) is 23.3 Å². The Kier molecular flexibility index (Phi) is 7.69. The maximum atomic E-state index is 13.9. The summed E-state index contributed by atoms with van der Waals surface area (Å²) >= 11 is 10.2. The Hall–Kier alpha value is -2.43. The lowest BCUT2D eigenvalue weighted by Crippen LogP contribution is -2.28. The van der Waals surface area contributed by atoms with Crippen LogP contribution >= 0.6 is 39.3 Å². The number of nitrogens with zero attached hydrogens (tertiary/aromatic N) is 3. The Labute approximate surface area is 195 Å². The largest absolute Gasteiger partial charge is 0.342 e. The van der Waals surface area contributed by atoms with E-state index in [2.05, 4.69) is 36.8 Å². The summed E-state index contributed by atoms with van der Waals surface area (Å²) in [6.45, 7) is 1.79. The molecule has 0 aliphatic heterocycles. The second-order valence-electron chi connectivity index (χ2n) is 6.56. The molecule has 2 aromatic carbocycles. The first kappa shape index (κ1) is 23.2. The van der Waals surface area contributed by atoms with Crippen molar-refractivity contribution in [1.82, 2.24) is 20.1 Å². The number of hydrogen-bond donors (Lipinski definition) is 2. The summed E-state index contributed by atoms with van der Waals surface area (Å²) in [4.78, 5) is 24.6. The molecular formula is C20H18BrClFN5O2S. The van der Waals surface area contributed by atoms with Gasteiger partial charge in [-0.1, -0.05) is 39.3 Å². The van der Waals surface area contributed by atoms with Crippen LogP contribution in [0.3, 0.4) is 0 Å². The van der Waals surface area contributed by atoms with E-state index >= 15 is 0 Å². The molecule has 3 rings (SSSR count). The lowest BCUT2D eigenvalue weighted by molar-refractivity contribution is -0.113. The molecule has 7 nitrogen and oxygen atoms in total. The normalized spacial score (nSPS) is 11.8. The number of nitrogens with one attached hydrogen (secondary N) is 2. The number of aromatic nitrogens is 3. The number of thioether (sulfide) groups is 1. The number of amides is 2. The molecule has 162 valence electrons. The van der Waals surface area contributed by atoms with Crippen molar-refractivity contribution in [3.8, 4) is 0 Å². The summed E-state index contributed by atoms with van der Waals surface area (Å²) < 4.78 is 16.1. The minimum atomic E-state index is -0.529. The summed E-state index contributed by atoms with van der Waals surface area (Å²) in [5.74, 6) is -0.618. The molecule has 1 atom stereocenters. The van der Waals surface area contributed by atoms with Crippen LogP contribution in [0.25, 0.3) is 0 Å². The van der Waals surface area contributed by atoms with E-state index in [0.717, 1.165) is 11.8 Å². The molecule has 0 radical (unpaired) electrons. The Bertz CT molecular complexity index is 1110. The summed E-state index contributed by atoms with van der Waals surface area (Å²) in [6, 6.07) is 10.5. The molecule has 0 fully saturated rings. The van der Waals surface area contributed by atoms with Gasteiger partial charge in [-0.15, -0.1) is 10.2 Å². The average Bonchev–Trinajstić information content (AvgIpc) is 3.09. The summed E-state index contributed by atoms with van der Waals surface area (Å²) in [6.07, 6.45) is 0. The van der Waals surface area contributed by atoms with Gasteiger partial charge in [-0.05, 0) is 49.4 Å². The topological polar surface area (TPSA) is 88.9 Å². The summed E-state index contributed by atoms with van der Waals surface area (Å²) in [5, 5.41) is 14.6. The zero-order chi connectivity index (χ0) is 22.5. The number of anilines is 1. The first-order valence-corrected chi connectivity index (χ1v) is 11.2. The first-order chi connectivity index (χ1) is 14.7. The minimum Gasteiger partial charge on any atom is -0.342 e. The molecule has 1 heterocycles. The lowest BCUT2D eigenvalue weighted by Gasteiger charge is -2.13. The molecule has 31 heavy (non-hydrogen) atoms. The van der Waals surface area contributed by atoms with E-state index in [1.807, 2.05) is 0 Å². The van der Waals surface area contributed by atoms with Gasteiger partial charge in [-0.2, -0.15) is 0 Å². The van der Waals surface area contributed by atoms with Crippen molar-refractivity contribution in [2.75, 3.05) is 11.1 Å². The molecule has 2 N–H and O–H groups in total. The molecule has 0 bridgehead atoms. The third kappa shape index (κ3) is 6.05. The van der Waals surface area contributed by atoms with Crippen LogP contribution in [0.4, 0.5) is 10.1 Å². The van der Waals surface area contributed by atoms with Gasteiger partial charge in [0.05, 0.1) is 17.5 Å². The van der Waals surface area contributed by atoms with Gasteiger partial charge in [-0.25, -0.2) is 4.39 Å². The van der Waals surface area contributed by atoms with Crippen LogP contribution in [0.2, 0.25) is 5.02 Å². The van der Waals surface area contributed by atoms with Crippen molar-refractivity contribution in [3.05, 3.63) is 69.2 Å². The number of carbonyl (C=O) groups excluding carboxylic acids is 2. The lowest BCUT2D eigenvalue weighted by atomic mass is 10.2. The molecule has 3 aromatic rings. The van der Waals surface area contributed by atoms with E-state index < -0.39 is 11.9 Å². The Balaban J connectivity index is 1.58. The molecule has 0 saturated carbocycles. The second-order valence-corrected chi connectivity index (χ2v) is 8.86. The molecule has 2 amide bonds. The highest BCUT2D eigenvalue weighted by Crippen LogP contribution is 2.22. The molecule has 0 unspecified atom stereocenters. The fourth-order valence-electron chi connectivity index (χ4n) is 2.68. The highest BCUT2D eigenvalue weighted by molar-refractivity contribution is 9.10. The predicted molar refractivity (Wildman–Crippen MR) is 122 cm³/mol. The predicted octanol–water partition coefficient (Wildman–Crippen LogP) is 4.59. The van der Waals surface area contributed by atoms with Crippen molar-refractivity contribution in [3.63, 3.8) is 0 Å². The molecule has 0 aliphatic rings. The van der Waals surface area contributed by atoms with Crippen molar-refractivity contribution in [1.29, 1.82) is 0 Å². The first-order valence-electron chi connectivity index (χ1n) is 9.08. The molecular weight excluding hydrogens is 509 g/mol. The smallest absolute Gasteiger partial charge is 0.251 e. The highest BCUT2D eigenvalue weighted by atomic mass is 79.9. The van der Waals surface area contributed by atoms with E-state index in [1.165, 1.54) is 12.1 Å². The van der Waals surface area contributed by atoms with Gasteiger partial charge >= 0.3 is 0 Å². The van der Waals surface area contributed by atoms with Crippen LogP contribution in [0.5, 0.6) is 0 Å². The fraction of sp³-hybridized carbons (Fsp3) is 0.200. The molecule has 0 aliphatic carbocycles. The monoisotopic (exact) mass is 525 g/mol. The van der Waals surface area contributed by atoms with E-state index in [1.54, 1.807) is 48.9 Å². The van der Waals surface area contributed by atoms with Crippen LogP contribution in [0, 0.1) is 5.82 Å². The third-order valence-electron chi connectivity index (χ3n) is 4.25. The van der Waals surface area contributed by atoms with E-state index in [4.69, 9.17) is 11.6 Å². The maximum Gasteiger partial charge on any atom is 0.251 e. The maximum absolute atomic E-state index is 13.9. The number of benzene rings is 2. The van der Waals surface area contributed by atoms with Gasteiger partial charge in [-0.3, -0.25) is 9.59 Å². The highest BCUT2D eigenvalue weighted by Gasteiger charge is 2.19. The number of hydrogen-bond acceptors (Lipinski definition) is 5. The van der Waals surface area contributed by atoms with Gasteiger partial charge in [0.15, 0.2) is 11.0 Å². The standard InChI is InChI=1S/C20H18BrClFN5O2S/c1-11(24-19(30)12-3-6-14(22)7-4-12)18-26-27-20(28(18)2)31-10-17(29)25-16-8-5-13(21)9-15(16)23/h3-9,11H,10H2,1-2H3,(H,24,30)(H,25,29)/t11-/m1/s1. The van der Waals surface area contributed by atoms with E-state index in [9.17, 15) is 14.0 Å². The molecule has 11 heteroatoms. The number of rotatable bonds is 7. The second kappa shape index (κ2) is 10.3. The Morgan fingerprint density at radius 1 is 1.23 bits per heavy atom. The van der Waals surface area contributed by atoms with Crippen molar-refractivity contribution < 1.29 is 14.0 Å². The Morgan fingerprint density at radius 3 is 2.61 bits per heavy atom. The van der Waals surface area contributed by atoms with Gasteiger partial charge < -0.3 is 15.2 Å². The van der Waals surface area contributed by atoms with Crippen LogP contribution < -0.4 is 10.6 Å². The number of carbonyl (C=O) groups is 2. The van der Waals surface area contributed by atoms with Gasteiger partial charge in [0.2, 0.25) is 5.91 Å². The molecule has 0 spiro atoms. The van der Waals surface area contributed by atoms with Crippen LogP contribution in [-0.2, 0) is 11.8 Å². The van der Waals surface area contributed by atoms with Crippen molar-refractivity contribution >= 4 is 56.8 Å². The zero-order valence-corrected chi connectivity index (χ0v) is 19.7. The zero-order valence-electron chi connectivity index (χ0n) is 16.5. The third-order valence-corrected chi connectivity index (χ3v) is 6.01. The SMILES string of the molecule is C[C@@H](NC(=O)c1ccc(Cl)cc1)c1nnc(SCC(=O)Nc2ccc(Br)cc2F)n1C. The van der Waals surface area contributed by atoms with Crippen molar-refractivity contribution in [2.45, 2.75) is 18.1 Å². The average molecular weight is 527 g/mol. The summed E-state index contributed by atoms with van der Waals surface area (Å²) in [5.41, 5.74) is 0.579. The minimum absolute atomic E-state index is 0.0208. The Morgan fingerprint density at radius 2 is 1.94 bits per heavy atom. The van der Waals surface area contributed by atoms with Crippen LogP contribution in [0.1, 0.15) is 29.1 Å². The van der Waals surface area contributed by atoms with Gasteiger partial charge in [0.1, 0.15) is 5.82 Å². The van der Waals surface area contributed by atoms with E-state index in [0.29, 0.717) is 26.0 Å². The van der Waals surface area contributed by atoms with Gasteiger partial charge in [0.25, 0.3) is 5.91 Å². The van der Waals surface area contributed by atoms with Crippen molar-refractivity contribution in [2.24, 2.45) is 7.05 Å². The fourth-order valence-corrected chi connectivity index (χ4v) is 3.86. The molecule has 0 saturated heterocycles. The molecule has 1 aromatic heterocycles. The van der Waals surface area contributed by atoms with Crippen LogP contribution in [0.15, 0.2) is 52.1 Å². The number of halogens is 3.